The van der Waals surface area contributed by atoms with E-state index >= 15 is 0 Å². The first-order valence-electron chi connectivity index (χ1n) is 7.39. The Balaban J connectivity index is 1.92. The number of hydrogen-bond donors (Lipinski definition) is 3. The highest BCUT2D eigenvalue weighted by atomic mass is 16.6. The number of urea groups is 1. The number of nitro benzene ring substituents is 1. The van der Waals surface area contributed by atoms with Gasteiger partial charge in [-0.2, -0.15) is 0 Å². The van der Waals surface area contributed by atoms with Gasteiger partial charge in [-0.25, -0.2) is 4.79 Å². The molecule has 2 aromatic rings. The first kappa shape index (κ1) is 17.5. The summed E-state index contributed by atoms with van der Waals surface area (Å²) in [5.74, 6) is 0.359. The fraction of sp³-hybridized carbons (Fsp3) is 0.312. The number of nitro groups is 1. The first-order chi connectivity index (χ1) is 11.4. The van der Waals surface area contributed by atoms with Crippen LogP contribution in [0, 0.1) is 17.0 Å². The van der Waals surface area contributed by atoms with E-state index in [-0.39, 0.29) is 12.2 Å². The summed E-state index contributed by atoms with van der Waals surface area (Å²) in [4.78, 5) is 22.4. The van der Waals surface area contributed by atoms with Crippen LogP contribution in [0.4, 0.5) is 10.5 Å². The van der Waals surface area contributed by atoms with Crippen molar-refractivity contribution in [2.24, 2.45) is 0 Å². The van der Waals surface area contributed by atoms with Crippen molar-refractivity contribution in [1.82, 2.24) is 10.6 Å². The van der Waals surface area contributed by atoms with Gasteiger partial charge in [-0.15, -0.1) is 0 Å². The molecule has 0 bridgehead atoms. The molecule has 0 aliphatic carbocycles. The summed E-state index contributed by atoms with van der Waals surface area (Å²) in [5.41, 5.74) is 1.19. The average Bonchev–Trinajstić information content (AvgIpc) is 3.07. The maximum absolute atomic E-state index is 11.9. The molecule has 24 heavy (non-hydrogen) atoms. The van der Waals surface area contributed by atoms with E-state index in [0.29, 0.717) is 16.9 Å². The molecule has 128 valence electrons. The number of nitrogens with one attached hydrogen (secondary N) is 2. The van der Waals surface area contributed by atoms with Gasteiger partial charge in [0.1, 0.15) is 11.9 Å². The topological polar surface area (TPSA) is 118 Å². The normalized spacial score (nSPS) is 13.1. The molecule has 0 radical (unpaired) electrons. The van der Waals surface area contributed by atoms with E-state index in [0.717, 1.165) is 0 Å². The molecule has 0 aliphatic heterocycles. The van der Waals surface area contributed by atoms with Crippen molar-refractivity contribution in [3.05, 3.63) is 63.6 Å². The molecule has 8 heteroatoms. The summed E-state index contributed by atoms with van der Waals surface area (Å²) >= 11 is 0. The number of amides is 2. The Morgan fingerprint density at radius 3 is 2.79 bits per heavy atom. The van der Waals surface area contributed by atoms with Gasteiger partial charge in [0.05, 0.1) is 23.8 Å². The minimum Gasteiger partial charge on any atom is -0.467 e. The quantitative estimate of drug-likeness (QED) is 0.555. The minimum atomic E-state index is -0.943. The molecule has 1 heterocycles. The number of aryl methyl sites for hydroxylation is 1. The third-order valence-corrected chi connectivity index (χ3v) is 3.61. The number of aliphatic hydroxyl groups is 1. The molecule has 0 spiro atoms. The van der Waals surface area contributed by atoms with E-state index in [9.17, 15) is 20.0 Å². The van der Waals surface area contributed by atoms with Crippen LogP contribution in [0.15, 0.2) is 41.0 Å². The van der Waals surface area contributed by atoms with Crippen molar-refractivity contribution in [3.63, 3.8) is 0 Å². The fourth-order valence-corrected chi connectivity index (χ4v) is 2.19. The zero-order chi connectivity index (χ0) is 17.7. The van der Waals surface area contributed by atoms with Gasteiger partial charge in [-0.05, 0) is 31.5 Å². The van der Waals surface area contributed by atoms with E-state index < -0.39 is 23.1 Å². The fourth-order valence-electron chi connectivity index (χ4n) is 2.19. The lowest BCUT2D eigenvalue weighted by molar-refractivity contribution is -0.385. The first-order valence-corrected chi connectivity index (χ1v) is 7.39. The Hall–Kier alpha value is -2.87. The number of carbonyl (C=O) groups excluding carboxylic acids is 1. The zero-order valence-electron chi connectivity index (χ0n) is 13.4. The van der Waals surface area contributed by atoms with Crippen LogP contribution in [0.2, 0.25) is 0 Å². The van der Waals surface area contributed by atoms with Crippen molar-refractivity contribution in [2.45, 2.75) is 26.0 Å². The number of carbonyl (C=O) groups is 1. The molecule has 0 saturated carbocycles. The van der Waals surface area contributed by atoms with Gasteiger partial charge in [0.2, 0.25) is 0 Å². The van der Waals surface area contributed by atoms with Crippen LogP contribution in [0.25, 0.3) is 0 Å². The number of hydrogen-bond acceptors (Lipinski definition) is 5. The lowest BCUT2D eigenvalue weighted by Gasteiger charge is -2.16. The largest absolute Gasteiger partial charge is 0.467 e. The van der Waals surface area contributed by atoms with Crippen molar-refractivity contribution < 1.29 is 19.2 Å². The Bertz CT molecular complexity index is 715. The molecule has 2 amide bonds. The molecule has 2 atom stereocenters. The number of rotatable bonds is 6. The van der Waals surface area contributed by atoms with Gasteiger partial charge in [0.15, 0.2) is 0 Å². The standard InChI is InChI=1S/C16H19N3O5/c1-10-5-6-12(8-13(10)19(22)23)11(2)18-16(21)17-9-14(20)15-4-3-7-24-15/h3-8,11,14,20H,9H2,1-2H3,(H2,17,18,21). The third kappa shape index (κ3) is 4.32. The summed E-state index contributed by atoms with van der Waals surface area (Å²) in [6.45, 7) is 3.36. The van der Waals surface area contributed by atoms with Crippen LogP contribution in [-0.2, 0) is 0 Å². The molecule has 8 nitrogen and oxygen atoms in total. The van der Waals surface area contributed by atoms with E-state index in [1.807, 2.05) is 0 Å². The number of benzene rings is 1. The van der Waals surface area contributed by atoms with Crippen molar-refractivity contribution in [2.75, 3.05) is 6.54 Å². The molecule has 2 rings (SSSR count). The van der Waals surface area contributed by atoms with Crippen molar-refractivity contribution in [1.29, 1.82) is 0 Å². The van der Waals surface area contributed by atoms with Crippen molar-refractivity contribution in [3.8, 4) is 0 Å². The van der Waals surface area contributed by atoms with E-state index in [4.69, 9.17) is 4.42 Å². The van der Waals surface area contributed by atoms with E-state index in [1.54, 1.807) is 38.1 Å². The van der Waals surface area contributed by atoms with Crippen LogP contribution >= 0.6 is 0 Å². The van der Waals surface area contributed by atoms with Crippen LogP contribution in [-0.4, -0.2) is 22.6 Å². The number of furan rings is 1. The Morgan fingerprint density at radius 1 is 1.42 bits per heavy atom. The van der Waals surface area contributed by atoms with Crippen LogP contribution in [0.3, 0.4) is 0 Å². The lowest BCUT2D eigenvalue weighted by Crippen LogP contribution is -2.39. The van der Waals surface area contributed by atoms with Crippen LogP contribution in [0.5, 0.6) is 0 Å². The second kappa shape index (κ2) is 7.60. The average molecular weight is 333 g/mol. The summed E-state index contributed by atoms with van der Waals surface area (Å²) < 4.78 is 5.04. The van der Waals surface area contributed by atoms with E-state index in [1.165, 1.54) is 12.3 Å². The van der Waals surface area contributed by atoms with Gasteiger partial charge in [0, 0.05) is 11.6 Å². The van der Waals surface area contributed by atoms with Gasteiger partial charge < -0.3 is 20.2 Å². The third-order valence-electron chi connectivity index (χ3n) is 3.61. The molecule has 0 saturated heterocycles. The monoisotopic (exact) mass is 333 g/mol. The molecule has 1 aromatic carbocycles. The molecular weight excluding hydrogens is 314 g/mol. The highest BCUT2D eigenvalue weighted by Gasteiger charge is 2.17. The molecule has 2 unspecified atom stereocenters. The maximum atomic E-state index is 11.9. The number of nitrogens with zero attached hydrogens (tertiary/aromatic N) is 1. The summed E-state index contributed by atoms with van der Waals surface area (Å²) in [6, 6.07) is 7.15. The Labute approximate surface area is 138 Å². The van der Waals surface area contributed by atoms with Gasteiger partial charge in [-0.3, -0.25) is 10.1 Å². The summed E-state index contributed by atoms with van der Waals surface area (Å²) in [6.07, 6.45) is 0.492. The molecule has 3 N–H and O–H groups in total. The summed E-state index contributed by atoms with van der Waals surface area (Å²) in [5, 5.41) is 26.0. The van der Waals surface area contributed by atoms with E-state index in [2.05, 4.69) is 10.6 Å². The smallest absolute Gasteiger partial charge is 0.315 e. The highest BCUT2D eigenvalue weighted by Crippen LogP contribution is 2.23. The van der Waals surface area contributed by atoms with Crippen molar-refractivity contribution >= 4 is 11.7 Å². The molecule has 1 aromatic heterocycles. The molecular formula is C16H19N3O5. The summed E-state index contributed by atoms with van der Waals surface area (Å²) in [7, 11) is 0. The van der Waals surface area contributed by atoms with Gasteiger partial charge in [0.25, 0.3) is 5.69 Å². The van der Waals surface area contributed by atoms with Gasteiger partial charge in [-0.1, -0.05) is 12.1 Å². The second-order valence-electron chi connectivity index (χ2n) is 5.41. The Kier molecular flexibility index (Phi) is 5.54. The molecule has 0 aliphatic rings. The highest BCUT2D eigenvalue weighted by molar-refractivity contribution is 5.74. The molecule has 0 fully saturated rings. The van der Waals surface area contributed by atoms with Gasteiger partial charge >= 0.3 is 6.03 Å². The van der Waals surface area contributed by atoms with Crippen LogP contribution < -0.4 is 10.6 Å². The van der Waals surface area contributed by atoms with Crippen LogP contribution in [0.1, 0.15) is 36.0 Å². The SMILES string of the molecule is Cc1ccc(C(C)NC(=O)NCC(O)c2ccco2)cc1[N+](=O)[O-]. The zero-order valence-corrected chi connectivity index (χ0v) is 13.4. The maximum Gasteiger partial charge on any atom is 0.315 e. The predicted octanol–water partition coefficient (Wildman–Crippen LogP) is 2.59. The Morgan fingerprint density at radius 2 is 2.17 bits per heavy atom. The minimum absolute atomic E-state index is 0.00907. The predicted molar refractivity (Wildman–Crippen MR) is 86.5 cm³/mol. The lowest BCUT2D eigenvalue weighted by atomic mass is 10.0. The second-order valence-corrected chi connectivity index (χ2v) is 5.41. The number of aliphatic hydroxyl groups excluding tert-OH is 1.